The average molecular weight is 202 g/mol. The molecule has 0 aliphatic heterocycles. The Kier molecular flexibility index (Phi) is 4.85. The van der Waals surface area contributed by atoms with Crippen molar-refractivity contribution in [3.05, 3.63) is 48.0 Å². The summed E-state index contributed by atoms with van der Waals surface area (Å²) in [6, 6.07) is 14.7. The lowest BCUT2D eigenvalue weighted by atomic mass is 10.1. The molecule has 80 valence electrons. The van der Waals surface area contributed by atoms with Gasteiger partial charge in [0.15, 0.2) is 0 Å². The SMILES string of the molecule is CC.COCc1ccc2ccccc2c1. The monoisotopic (exact) mass is 202 g/mol. The Labute approximate surface area is 91.7 Å². The van der Waals surface area contributed by atoms with Gasteiger partial charge in [-0.2, -0.15) is 0 Å². The zero-order chi connectivity index (χ0) is 11.1. The fourth-order valence-electron chi connectivity index (χ4n) is 1.50. The number of ether oxygens (including phenoxy) is 1. The van der Waals surface area contributed by atoms with Crippen molar-refractivity contribution < 1.29 is 4.74 Å². The van der Waals surface area contributed by atoms with Gasteiger partial charge < -0.3 is 4.74 Å². The molecule has 2 rings (SSSR count). The maximum absolute atomic E-state index is 5.08. The summed E-state index contributed by atoms with van der Waals surface area (Å²) < 4.78 is 5.08. The van der Waals surface area contributed by atoms with Gasteiger partial charge in [0.25, 0.3) is 0 Å². The number of rotatable bonds is 2. The molecule has 2 aromatic rings. The van der Waals surface area contributed by atoms with E-state index in [1.807, 2.05) is 13.8 Å². The molecule has 0 unspecified atom stereocenters. The molecule has 0 aromatic heterocycles. The second kappa shape index (κ2) is 6.20. The van der Waals surface area contributed by atoms with Gasteiger partial charge in [-0.15, -0.1) is 0 Å². The molecular weight excluding hydrogens is 184 g/mol. The molecule has 0 atom stereocenters. The quantitative estimate of drug-likeness (QED) is 0.715. The van der Waals surface area contributed by atoms with Gasteiger partial charge in [0, 0.05) is 7.11 Å². The van der Waals surface area contributed by atoms with E-state index in [-0.39, 0.29) is 0 Å². The van der Waals surface area contributed by atoms with Gasteiger partial charge in [0.05, 0.1) is 6.61 Å². The second-order valence-corrected chi connectivity index (χ2v) is 3.11. The molecule has 2 aromatic carbocycles. The number of hydrogen-bond acceptors (Lipinski definition) is 1. The fraction of sp³-hybridized carbons (Fsp3) is 0.286. The van der Waals surface area contributed by atoms with Crippen LogP contribution in [0.5, 0.6) is 0 Å². The van der Waals surface area contributed by atoms with E-state index in [1.165, 1.54) is 16.3 Å². The van der Waals surface area contributed by atoms with Crippen LogP contribution < -0.4 is 0 Å². The van der Waals surface area contributed by atoms with Crippen molar-refractivity contribution in [2.24, 2.45) is 0 Å². The Morgan fingerprint density at radius 2 is 1.60 bits per heavy atom. The van der Waals surface area contributed by atoms with Gasteiger partial charge in [0.1, 0.15) is 0 Å². The van der Waals surface area contributed by atoms with Crippen molar-refractivity contribution in [2.75, 3.05) is 7.11 Å². The average Bonchev–Trinajstić information content (AvgIpc) is 2.32. The molecule has 15 heavy (non-hydrogen) atoms. The van der Waals surface area contributed by atoms with E-state index in [0.717, 1.165) is 0 Å². The first-order valence-electron chi connectivity index (χ1n) is 5.37. The Hall–Kier alpha value is -1.34. The highest BCUT2D eigenvalue weighted by molar-refractivity contribution is 5.82. The molecule has 0 N–H and O–H groups in total. The zero-order valence-electron chi connectivity index (χ0n) is 9.66. The summed E-state index contributed by atoms with van der Waals surface area (Å²) in [5.41, 5.74) is 1.22. The van der Waals surface area contributed by atoms with E-state index in [4.69, 9.17) is 4.74 Å². The number of methoxy groups -OCH3 is 1. The minimum atomic E-state index is 0.685. The summed E-state index contributed by atoms with van der Waals surface area (Å²) >= 11 is 0. The Balaban J connectivity index is 0.000000531. The first-order chi connectivity index (χ1) is 7.40. The van der Waals surface area contributed by atoms with Crippen LogP contribution in [0.2, 0.25) is 0 Å². The maximum atomic E-state index is 5.08. The van der Waals surface area contributed by atoms with Crippen LogP contribution in [0.3, 0.4) is 0 Å². The standard InChI is InChI=1S/C12H12O.C2H6/c1-13-9-10-6-7-11-4-2-3-5-12(11)8-10;1-2/h2-8H,9H2,1H3;1-2H3. The third kappa shape index (κ3) is 3.07. The van der Waals surface area contributed by atoms with Crippen LogP contribution in [0.15, 0.2) is 42.5 Å². The van der Waals surface area contributed by atoms with E-state index < -0.39 is 0 Å². The lowest BCUT2D eigenvalue weighted by Gasteiger charge is -2.01. The van der Waals surface area contributed by atoms with Crippen molar-refractivity contribution in [3.8, 4) is 0 Å². The van der Waals surface area contributed by atoms with Crippen molar-refractivity contribution in [1.29, 1.82) is 0 Å². The smallest absolute Gasteiger partial charge is 0.0713 e. The predicted molar refractivity (Wildman–Crippen MR) is 66.0 cm³/mol. The second-order valence-electron chi connectivity index (χ2n) is 3.11. The van der Waals surface area contributed by atoms with E-state index >= 15 is 0 Å². The van der Waals surface area contributed by atoms with Crippen LogP contribution in [-0.2, 0) is 11.3 Å². The van der Waals surface area contributed by atoms with E-state index in [0.29, 0.717) is 6.61 Å². The molecule has 0 bridgehead atoms. The molecular formula is C14H18O. The molecule has 0 spiro atoms. The normalized spacial score (nSPS) is 9.53. The van der Waals surface area contributed by atoms with Crippen molar-refractivity contribution in [1.82, 2.24) is 0 Å². The third-order valence-corrected chi connectivity index (χ3v) is 2.12. The zero-order valence-corrected chi connectivity index (χ0v) is 9.66. The minimum absolute atomic E-state index is 0.685. The van der Waals surface area contributed by atoms with Crippen molar-refractivity contribution in [2.45, 2.75) is 20.5 Å². The van der Waals surface area contributed by atoms with Gasteiger partial charge in [-0.1, -0.05) is 50.2 Å². The summed E-state index contributed by atoms with van der Waals surface area (Å²) in [6.45, 7) is 4.69. The van der Waals surface area contributed by atoms with Crippen molar-refractivity contribution >= 4 is 10.8 Å². The summed E-state index contributed by atoms with van der Waals surface area (Å²) in [5, 5.41) is 2.56. The number of fused-ring (bicyclic) bond motifs is 1. The first-order valence-corrected chi connectivity index (χ1v) is 5.37. The Morgan fingerprint density at radius 3 is 2.27 bits per heavy atom. The van der Waals surface area contributed by atoms with Crippen LogP contribution >= 0.6 is 0 Å². The van der Waals surface area contributed by atoms with E-state index in [9.17, 15) is 0 Å². The number of benzene rings is 2. The third-order valence-electron chi connectivity index (χ3n) is 2.12. The molecule has 0 saturated carbocycles. The highest BCUT2D eigenvalue weighted by atomic mass is 16.5. The van der Waals surface area contributed by atoms with Crippen LogP contribution in [0, 0.1) is 0 Å². The summed E-state index contributed by atoms with van der Waals surface area (Å²) in [7, 11) is 1.72. The molecule has 0 radical (unpaired) electrons. The Morgan fingerprint density at radius 1 is 0.933 bits per heavy atom. The van der Waals surface area contributed by atoms with Gasteiger partial charge in [-0.3, -0.25) is 0 Å². The maximum Gasteiger partial charge on any atom is 0.0713 e. The van der Waals surface area contributed by atoms with Gasteiger partial charge in [0.2, 0.25) is 0 Å². The molecule has 1 nitrogen and oxygen atoms in total. The molecule has 0 fully saturated rings. The molecule has 1 heteroatoms. The van der Waals surface area contributed by atoms with Crippen LogP contribution in [-0.4, -0.2) is 7.11 Å². The van der Waals surface area contributed by atoms with Gasteiger partial charge in [-0.05, 0) is 22.4 Å². The topological polar surface area (TPSA) is 9.23 Å². The molecule has 0 aliphatic rings. The first kappa shape index (κ1) is 11.7. The van der Waals surface area contributed by atoms with Gasteiger partial charge >= 0.3 is 0 Å². The van der Waals surface area contributed by atoms with Crippen LogP contribution in [0.1, 0.15) is 19.4 Å². The van der Waals surface area contributed by atoms with E-state index in [1.54, 1.807) is 7.11 Å². The molecule has 0 heterocycles. The highest BCUT2D eigenvalue weighted by Gasteiger charge is 1.94. The molecule has 0 saturated heterocycles. The summed E-state index contributed by atoms with van der Waals surface area (Å²) in [6.07, 6.45) is 0. The van der Waals surface area contributed by atoms with Crippen LogP contribution in [0.25, 0.3) is 10.8 Å². The predicted octanol–water partition coefficient (Wildman–Crippen LogP) is 4.01. The summed E-state index contributed by atoms with van der Waals surface area (Å²) in [4.78, 5) is 0. The van der Waals surface area contributed by atoms with E-state index in [2.05, 4.69) is 42.5 Å². The largest absolute Gasteiger partial charge is 0.380 e. The lowest BCUT2D eigenvalue weighted by Crippen LogP contribution is -1.86. The fourth-order valence-corrected chi connectivity index (χ4v) is 1.50. The highest BCUT2D eigenvalue weighted by Crippen LogP contribution is 2.15. The Bertz CT molecular complexity index is 407. The number of hydrogen-bond donors (Lipinski definition) is 0. The molecule has 0 amide bonds. The minimum Gasteiger partial charge on any atom is -0.380 e. The van der Waals surface area contributed by atoms with Crippen molar-refractivity contribution in [3.63, 3.8) is 0 Å². The van der Waals surface area contributed by atoms with Gasteiger partial charge in [-0.25, -0.2) is 0 Å². The van der Waals surface area contributed by atoms with Crippen LogP contribution in [0.4, 0.5) is 0 Å². The summed E-state index contributed by atoms with van der Waals surface area (Å²) in [5.74, 6) is 0. The molecule has 0 aliphatic carbocycles. The lowest BCUT2D eigenvalue weighted by molar-refractivity contribution is 0.185.